The third kappa shape index (κ3) is 7.30. The molecule has 0 radical (unpaired) electrons. The Morgan fingerprint density at radius 1 is 0.225 bits per heavy atom. The van der Waals surface area contributed by atoms with Crippen LogP contribution in [0.4, 0.5) is 0 Å². The monoisotopic (exact) mass is 772 g/mol. The average Bonchev–Trinajstić information content (AvgIpc) is 2.99. The molecule has 0 aliphatic carbocycles. The van der Waals surface area contributed by atoms with Crippen molar-refractivity contribution in [1.82, 2.24) is 0 Å². The van der Waals surface area contributed by atoms with Crippen LogP contribution in [-0.4, -0.2) is 0 Å². The third-order valence-corrected chi connectivity index (χ3v) is 8.59. The third-order valence-electron chi connectivity index (χ3n) is 6.48. The molecule has 0 bridgehead atoms. The molecule has 0 heterocycles. The van der Waals surface area contributed by atoms with Gasteiger partial charge in [0.15, 0.2) is 0 Å². The van der Waals surface area contributed by atoms with Crippen LogP contribution in [0.5, 0.6) is 0 Å². The lowest BCUT2D eigenvalue weighted by atomic mass is 9.95. The molecule has 0 aliphatic rings. The highest BCUT2D eigenvalue weighted by atomic mass is 79.9. The SMILES string of the molecule is Brc1ccc(-c2ccccc2-c2ccc(Br)cc2)cc1.Brc1ccc(-c2ccccc2-c2ccc(Br)cc2)cc1. The van der Waals surface area contributed by atoms with Gasteiger partial charge in [-0.15, -0.1) is 0 Å². The van der Waals surface area contributed by atoms with Gasteiger partial charge in [-0.05, 0) is 93.0 Å². The van der Waals surface area contributed by atoms with Crippen molar-refractivity contribution in [2.24, 2.45) is 0 Å². The van der Waals surface area contributed by atoms with Gasteiger partial charge in [-0.3, -0.25) is 0 Å². The summed E-state index contributed by atoms with van der Waals surface area (Å²) >= 11 is 13.9. The Bertz CT molecular complexity index is 1430. The van der Waals surface area contributed by atoms with E-state index in [4.69, 9.17) is 0 Å². The van der Waals surface area contributed by atoms with Gasteiger partial charge in [0.2, 0.25) is 0 Å². The van der Waals surface area contributed by atoms with Crippen molar-refractivity contribution in [3.8, 4) is 44.5 Å². The second-order valence-electron chi connectivity index (χ2n) is 9.12. The first-order chi connectivity index (χ1) is 19.5. The zero-order chi connectivity index (χ0) is 27.9. The molecule has 0 saturated heterocycles. The minimum atomic E-state index is 1.10. The van der Waals surface area contributed by atoms with E-state index in [-0.39, 0.29) is 0 Å². The molecule has 0 spiro atoms. The molecule has 0 unspecified atom stereocenters. The molecule has 0 amide bonds. The van der Waals surface area contributed by atoms with Gasteiger partial charge in [-0.1, -0.05) is 161 Å². The lowest BCUT2D eigenvalue weighted by Crippen LogP contribution is -1.84. The van der Waals surface area contributed by atoms with E-state index in [9.17, 15) is 0 Å². The van der Waals surface area contributed by atoms with Gasteiger partial charge in [0.1, 0.15) is 0 Å². The Kier molecular flexibility index (Phi) is 9.88. The van der Waals surface area contributed by atoms with E-state index in [0.717, 1.165) is 17.9 Å². The van der Waals surface area contributed by atoms with Crippen molar-refractivity contribution in [3.05, 3.63) is 163 Å². The van der Waals surface area contributed by atoms with Gasteiger partial charge in [-0.2, -0.15) is 0 Å². The highest BCUT2D eigenvalue weighted by Gasteiger charge is 2.08. The summed E-state index contributed by atoms with van der Waals surface area (Å²) in [7, 11) is 0. The first-order valence-electron chi connectivity index (χ1n) is 12.7. The number of benzene rings is 6. The van der Waals surface area contributed by atoms with Crippen LogP contribution in [0.1, 0.15) is 0 Å². The number of hydrogen-bond acceptors (Lipinski definition) is 0. The van der Waals surface area contributed by atoms with Gasteiger partial charge in [-0.25, -0.2) is 0 Å². The fourth-order valence-electron chi connectivity index (χ4n) is 4.49. The van der Waals surface area contributed by atoms with E-state index in [2.05, 4.69) is 209 Å². The van der Waals surface area contributed by atoms with Gasteiger partial charge < -0.3 is 0 Å². The molecule has 196 valence electrons. The van der Waals surface area contributed by atoms with Crippen LogP contribution in [-0.2, 0) is 0 Å². The van der Waals surface area contributed by atoms with Crippen molar-refractivity contribution in [1.29, 1.82) is 0 Å². The van der Waals surface area contributed by atoms with Gasteiger partial charge >= 0.3 is 0 Å². The van der Waals surface area contributed by atoms with Crippen LogP contribution in [0.25, 0.3) is 44.5 Å². The fraction of sp³-hybridized carbons (Fsp3) is 0. The van der Waals surface area contributed by atoms with Crippen molar-refractivity contribution < 1.29 is 0 Å². The van der Waals surface area contributed by atoms with Crippen molar-refractivity contribution >= 4 is 63.7 Å². The highest BCUT2D eigenvalue weighted by Crippen LogP contribution is 2.34. The average molecular weight is 776 g/mol. The minimum absolute atomic E-state index is 1.10. The zero-order valence-corrected chi connectivity index (χ0v) is 27.7. The van der Waals surface area contributed by atoms with Crippen LogP contribution >= 0.6 is 63.7 Å². The molecule has 0 fully saturated rings. The molecule has 0 saturated carbocycles. The smallest absolute Gasteiger partial charge is 0.0175 e. The second-order valence-corrected chi connectivity index (χ2v) is 12.8. The summed E-state index contributed by atoms with van der Waals surface area (Å²) in [5.41, 5.74) is 9.92. The number of rotatable bonds is 4. The summed E-state index contributed by atoms with van der Waals surface area (Å²) in [6.45, 7) is 0. The Hall–Kier alpha value is -2.76. The molecule has 0 aromatic heterocycles. The largest absolute Gasteiger partial charge is 0.0616 e. The summed E-state index contributed by atoms with van der Waals surface area (Å²) < 4.78 is 4.40. The summed E-state index contributed by atoms with van der Waals surface area (Å²) in [5, 5.41) is 0. The van der Waals surface area contributed by atoms with E-state index >= 15 is 0 Å². The predicted molar refractivity (Wildman–Crippen MR) is 185 cm³/mol. The van der Waals surface area contributed by atoms with Crippen LogP contribution < -0.4 is 0 Å². The molecule has 0 atom stereocenters. The summed E-state index contributed by atoms with van der Waals surface area (Å²) in [6.07, 6.45) is 0. The van der Waals surface area contributed by atoms with Crippen LogP contribution in [0.15, 0.2) is 163 Å². The summed E-state index contributed by atoms with van der Waals surface area (Å²) in [5.74, 6) is 0. The maximum Gasteiger partial charge on any atom is 0.0175 e. The molecular weight excluding hydrogens is 752 g/mol. The van der Waals surface area contributed by atoms with Crippen LogP contribution in [0, 0.1) is 0 Å². The van der Waals surface area contributed by atoms with Gasteiger partial charge in [0.25, 0.3) is 0 Å². The standard InChI is InChI=1S/2C18H12Br2/c2*19-15-9-5-13(6-10-15)17-3-1-2-4-18(17)14-7-11-16(20)12-8-14/h2*1-12H. The molecule has 0 N–H and O–H groups in total. The first-order valence-corrected chi connectivity index (χ1v) is 15.9. The summed E-state index contributed by atoms with van der Waals surface area (Å²) in [6, 6.07) is 50.7. The van der Waals surface area contributed by atoms with Gasteiger partial charge in [0.05, 0.1) is 0 Å². The highest BCUT2D eigenvalue weighted by molar-refractivity contribution is 9.11. The molecular formula is C36H24Br4. The van der Waals surface area contributed by atoms with E-state index in [1.54, 1.807) is 0 Å². The molecule has 6 rings (SSSR count). The quantitative estimate of drug-likeness (QED) is 0.167. The van der Waals surface area contributed by atoms with E-state index < -0.39 is 0 Å². The minimum Gasteiger partial charge on any atom is -0.0616 e. The summed E-state index contributed by atoms with van der Waals surface area (Å²) in [4.78, 5) is 0. The van der Waals surface area contributed by atoms with Crippen molar-refractivity contribution in [2.45, 2.75) is 0 Å². The second kappa shape index (κ2) is 13.7. The zero-order valence-electron chi connectivity index (χ0n) is 21.4. The predicted octanol–water partition coefficient (Wildman–Crippen LogP) is 13.1. The molecule has 40 heavy (non-hydrogen) atoms. The first kappa shape index (κ1) is 28.8. The number of hydrogen-bond donors (Lipinski definition) is 0. The van der Waals surface area contributed by atoms with Crippen LogP contribution in [0.3, 0.4) is 0 Å². The Morgan fingerprint density at radius 3 is 0.575 bits per heavy atom. The van der Waals surface area contributed by atoms with Crippen molar-refractivity contribution in [2.75, 3.05) is 0 Å². The van der Waals surface area contributed by atoms with E-state index in [0.29, 0.717) is 0 Å². The lowest BCUT2D eigenvalue weighted by Gasteiger charge is -2.10. The normalized spacial score (nSPS) is 10.5. The number of halogens is 4. The Morgan fingerprint density at radius 2 is 0.400 bits per heavy atom. The molecule has 0 nitrogen and oxygen atoms in total. The molecule has 6 aromatic rings. The molecule has 6 aromatic carbocycles. The molecule has 0 aliphatic heterocycles. The maximum absolute atomic E-state index is 3.48. The fourth-order valence-corrected chi connectivity index (χ4v) is 5.55. The van der Waals surface area contributed by atoms with E-state index in [1.807, 2.05) is 0 Å². The van der Waals surface area contributed by atoms with Gasteiger partial charge in [0, 0.05) is 17.9 Å². The molecule has 4 heteroatoms. The van der Waals surface area contributed by atoms with E-state index in [1.165, 1.54) is 44.5 Å². The van der Waals surface area contributed by atoms with Crippen molar-refractivity contribution in [3.63, 3.8) is 0 Å². The topological polar surface area (TPSA) is 0 Å². The maximum atomic E-state index is 3.48. The Balaban J connectivity index is 0.000000161. The Labute approximate surface area is 269 Å². The lowest BCUT2D eigenvalue weighted by molar-refractivity contribution is 1.56. The van der Waals surface area contributed by atoms with Crippen LogP contribution in [0.2, 0.25) is 0 Å².